The Hall–Kier alpha value is -1.42. The molecule has 2 aromatic rings. The molecule has 0 amide bonds. The molecule has 3 nitrogen and oxygen atoms in total. The van der Waals surface area contributed by atoms with Crippen molar-refractivity contribution >= 4 is 17.1 Å². The molecular formula is C15H18N2OS. The van der Waals surface area contributed by atoms with Gasteiger partial charge in [0.05, 0.1) is 16.6 Å². The Morgan fingerprint density at radius 2 is 2.21 bits per heavy atom. The molecule has 2 heterocycles. The molecule has 1 aliphatic carbocycles. The number of hydrogen-bond acceptors (Lipinski definition) is 3. The SMILES string of the molecule is CCn1cc(C(=O)c2cc3c(s2)CCCCC3)cn1. The normalized spacial score (nSPS) is 15.0. The Bertz CT molecular complexity index is 574. The van der Waals surface area contributed by atoms with Crippen molar-refractivity contribution < 1.29 is 4.79 Å². The maximum atomic E-state index is 12.4. The Morgan fingerprint density at radius 1 is 1.37 bits per heavy atom. The molecule has 0 fully saturated rings. The van der Waals surface area contributed by atoms with E-state index in [0.29, 0.717) is 5.56 Å². The van der Waals surface area contributed by atoms with Crippen LogP contribution in [0.3, 0.4) is 0 Å². The smallest absolute Gasteiger partial charge is 0.206 e. The molecule has 0 atom stereocenters. The van der Waals surface area contributed by atoms with Gasteiger partial charge in [-0.25, -0.2) is 0 Å². The summed E-state index contributed by atoms with van der Waals surface area (Å²) in [6.45, 7) is 2.82. The van der Waals surface area contributed by atoms with E-state index in [0.717, 1.165) is 24.3 Å². The third kappa shape index (κ3) is 2.50. The maximum Gasteiger partial charge on any atom is 0.206 e. The monoisotopic (exact) mass is 274 g/mol. The fourth-order valence-electron chi connectivity index (χ4n) is 2.58. The molecule has 3 rings (SSSR count). The largest absolute Gasteiger partial charge is 0.288 e. The fourth-order valence-corrected chi connectivity index (χ4v) is 3.79. The van der Waals surface area contributed by atoms with Crippen LogP contribution in [0.2, 0.25) is 0 Å². The highest BCUT2D eigenvalue weighted by atomic mass is 32.1. The van der Waals surface area contributed by atoms with Crippen LogP contribution in [0.4, 0.5) is 0 Å². The number of aromatic nitrogens is 2. The topological polar surface area (TPSA) is 34.9 Å². The van der Waals surface area contributed by atoms with E-state index in [4.69, 9.17) is 0 Å². The van der Waals surface area contributed by atoms with E-state index in [1.807, 2.05) is 13.1 Å². The third-order valence-electron chi connectivity index (χ3n) is 3.69. The zero-order chi connectivity index (χ0) is 13.2. The zero-order valence-electron chi connectivity index (χ0n) is 11.2. The van der Waals surface area contributed by atoms with Gasteiger partial charge in [0.25, 0.3) is 0 Å². The number of aryl methyl sites for hydroxylation is 3. The molecule has 0 saturated carbocycles. The van der Waals surface area contributed by atoms with Gasteiger partial charge in [0.1, 0.15) is 0 Å². The third-order valence-corrected chi connectivity index (χ3v) is 4.93. The quantitative estimate of drug-likeness (QED) is 0.634. The average Bonchev–Trinajstić information content (AvgIpc) is 3.00. The molecule has 0 N–H and O–H groups in total. The van der Waals surface area contributed by atoms with Gasteiger partial charge >= 0.3 is 0 Å². The number of rotatable bonds is 3. The lowest BCUT2D eigenvalue weighted by Crippen LogP contribution is -1.97. The van der Waals surface area contributed by atoms with E-state index in [2.05, 4.69) is 11.2 Å². The summed E-state index contributed by atoms with van der Waals surface area (Å²) in [7, 11) is 0. The minimum absolute atomic E-state index is 0.123. The summed E-state index contributed by atoms with van der Waals surface area (Å²) in [6, 6.07) is 2.11. The lowest BCUT2D eigenvalue weighted by Gasteiger charge is -1.94. The second-order valence-electron chi connectivity index (χ2n) is 5.03. The molecule has 1 aliphatic rings. The van der Waals surface area contributed by atoms with Gasteiger partial charge in [0.2, 0.25) is 5.78 Å². The second kappa shape index (κ2) is 5.29. The van der Waals surface area contributed by atoms with Crippen molar-refractivity contribution in [2.45, 2.75) is 45.6 Å². The summed E-state index contributed by atoms with van der Waals surface area (Å²) in [4.78, 5) is 14.7. The molecule has 0 unspecified atom stereocenters. The van der Waals surface area contributed by atoms with Crippen molar-refractivity contribution in [1.29, 1.82) is 0 Å². The lowest BCUT2D eigenvalue weighted by atomic mass is 10.1. The van der Waals surface area contributed by atoms with Gasteiger partial charge in [-0.05, 0) is 44.2 Å². The molecule has 0 bridgehead atoms. The van der Waals surface area contributed by atoms with Gasteiger partial charge in [0.15, 0.2) is 0 Å². The summed E-state index contributed by atoms with van der Waals surface area (Å²) in [5, 5.41) is 4.18. The number of thiophene rings is 1. The second-order valence-corrected chi connectivity index (χ2v) is 6.17. The van der Waals surface area contributed by atoms with E-state index < -0.39 is 0 Å². The van der Waals surface area contributed by atoms with Crippen molar-refractivity contribution in [3.8, 4) is 0 Å². The minimum Gasteiger partial charge on any atom is -0.288 e. The molecule has 0 aromatic carbocycles. The maximum absolute atomic E-state index is 12.4. The lowest BCUT2D eigenvalue weighted by molar-refractivity contribution is 0.104. The molecule has 0 saturated heterocycles. The molecule has 0 aliphatic heterocycles. The van der Waals surface area contributed by atoms with Crippen molar-refractivity contribution in [1.82, 2.24) is 9.78 Å². The number of carbonyl (C=O) groups excluding carboxylic acids is 1. The predicted molar refractivity (Wildman–Crippen MR) is 76.9 cm³/mol. The average molecular weight is 274 g/mol. The van der Waals surface area contributed by atoms with Crippen LogP contribution < -0.4 is 0 Å². The van der Waals surface area contributed by atoms with Crippen LogP contribution in [0.1, 0.15) is 51.9 Å². The van der Waals surface area contributed by atoms with Crippen molar-refractivity contribution in [2.75, 3.05) is 0 Å². The van der Waals surface area contributed by atoms with Crippen LogP contribution in [0.25, 0.3) is 0 Å². The minimum atomic E-state index is 0.123. The van der Waals surface area contributed by atoms with Gasteiger partial charge in [-0.3, -0.25) is 9.48 Å². The Labute approximate surface area is 117 Å². The molecular weight excluding hydrogens is 256 g/mol. The van der Waals surface area contributed by atoms with Gasteiger partial charge in [-0.15, -0.1) is 11.3 Å². The standard InChI is InChI=1S/C15H18N2OS/c1-2-17-10-12(9-16-17)15(18)14-8-11-6-4-3-5-7-13(11)19-14/h8-10H,2-7H2,1H3. The Balaban J connectivity index is 1.87. The van der Waals surface area contributed by atoms with E-state index in [9.17, 15) is 4.79 Å². The summed E-state index contributed by atoms with van der Waals surface area (Å²) in [5.41, 5.74) is 2.10. The van der Waals surface area contributed by atoms with Gasteiger partial charge in [0, 0.05) is 17.6 Å². The number of hydrogen-bond donors (Lipinski definition) is 0. The van der Waals surface area contributed by atoms with Gasteiger partial charge in [-0.2, -0.15) is 5.10 Å². The molecule has 100 valence electrons. The molecule has 0 spiro atoms. The number of fused-ring (bicyclic) bond motifs is 1. The van der Waals surface area contributed by atoms with E-state index in [1.165, 1.54) is 29.7 Å². The molecule has 19 heavy (non-hydrogen) atoms. The predicted octanol–water partition coefficient (Wildman–Crippen LogP) is 3.46. The zero-order valence-corrected chi connectivity index (χ0v) is 12.0. The Kier molecular flexibility index (Phi) is 3.51. The van der Waals surface area contributed by atoms with Crippen molar-refractivity contribution in [3.63, 3.8) is 0 Å². The highest BCUT2D eigenvalue weighted by Gasteiger charge is 2.18. The highest BCUT2D eigenvalue weighted by Crippen LogP contribution is 2.30. The van der Waals surface area contributed by atoms with Gasteiger partial charge in [-0.1, -0.05) is 6.42 Å². The summed E-state index contributed by atoms with van der Waals surface area (Å²) in [6.07, 6.45) is 9.62. The first kappa shape index (κ1) is 12.6. The first-order valence-electron chi connectivity index (χ1n) is 6.96. The summed E-state index contributed by atoms with van der Waals surface area (Å²) < 4.78 is 1.80. The van der Waals surface area contributed by atoms with E-state index in [1.54, 1.807) is 22.2 Å². The molecule has 0 radical (unpaired) electrons. The summed E-state index contributed by atoms with van der Waals surface area (Å²) in [5.74, 6) is 0.123. The first-order valence-corrected chi connectivity index (χ1v) is 7.78. The van der Waals surface area contributed by atoms with Crippen molar-refractivity contribution in [3.05, 3.63) is 39.3 Å². The first-order chi connectivity index (χ1) is 9.28. The van der Waals surface area contributed by atoms with E-state index in [-0.39, 0.29) is 5.78 Å². The van der Waals surface area contributed by atoms with Crippen LogP contribution in [0, 0.1) is 0 Å². The molecule has 4 heteroatoms. The van der Waals surface area contributed by atoms with Gasteiger partial charge < -0.3 is 0 Å². The Morgan fingerprint density at radius 3 is 3.00 bits per heavy atom. The van der Waals surface area contributed by atoms with Crippen LogP contribution in [-0.2, 0) is 19.4 Å². The summed E-state index contributed by atoms with van der Waals surface area (Å²) >= 11 is 1.68. The number of carbonyl (C=O) groups is 1. The van der Waals surface area contributed by atoms with E-state index >= 15 is 0 Å². The molecule has 2 aromatic heterocycles. The number of nitrogens with zero attached hydrogens (tertiary/aromatic N) is 2. The fraction of sp³-hybridized carbons (Fsp3) is 0.467. The number of ketones is 1. The van der Waals surface area contributed by atoms with Crippen LogP contribution in [0.5, 0.6) is 0 Å². The highest BCUT2D eigenvalue weighted by molar-refractivity contribution is 7.14. The van der Waals surface area contributed by atoms with Crippen molar-refractivity contribution in [2.24, 2.45) is 0 Å². The van der Waals surface area contributed by atoms with Crippen LogP contribution in [-0.4, -0.2) is 15.6 Å². The van der Waals surface area contributed by atoms with Crippen LogP contribution in [0.15, 0.2) is 18.5 Å². The van der Waals surface area contributed by atoms with Crippen LogP contribution >= 0.6 is 11.3 Å².